The molecule has 0 saturated carbocycles. The summed E-state index contributed by atoms with van der Waals surface area (Å²) in [7, 11) is 0. The number of aliphatic imine (C=N–C) groups is 1. The van der Waals surface area contributed by atoms with E-state index in [1.165, 1.54) is 6.07 Å². The maximum absolute atomic E-state index is 14.0. The summed E-state index contributed by atoms with van der Waals surface area (Å²) in [5.41, 5.74) is 0.298. The molecule has 1 aliphatic rings. The monoisotopic (exact) mass is 523 g/mol. The minimum absolute atomic E-state index is 0. The molecule has 1 N–H and O–H groups in total. The number of benzene rings is 1. The van der Waals surface area contributed by atoms with Crippen LogP contribution in [0.15, 0.2) is 23.2 Å². The lowest BCUT2D eigenvalue weighted by molar-refractivity contribution is -0.130. The maximum atomic E-state index is 14.0. The maximum Gasteiger partial charge on any atom is 0.224 e. The Labute approximate surface area is 189 Å². The highest BCUT2D eigenvalue weighted by Gasteiger charge is 2.22. The molecule has 2 rings (SSSR count). The van der Waals surface area contributed by atoms with Crippen LogP contribution in [0.5, 0.6) is 0 Å². The van der Waals surface area contributed by atoms with Crippen LogP contribution in [0.1, 0.15) is 27.2 Å². The summed E-state index contributed by atoms with van der Waals surface area (Å²) >= 11 is 0. The van der Waals surface area contributed by atoms with Crippen LogP contribution < -0.4 is 10.2 Å². The lowest BCUT2D eigenvalue weighted by Gasteiger charge is -2.37. The molecule has 1 fully saturated rings. The minimum Gasteiger partial charge on any atom is -0.366 e. The summed E-state index contributed by atoms with van der Waals surface area (Å²) in [6, 6.07) is 3.53. The third-order valence-corrected chi connectivity index (χ3v) is 4.87. The summed E-state index contributed by atoms with van der Waals surface area (Å²) in [5, 5.41) is 3.26. The first-order valence-electron chi connectivity index (χ1n) is 10.0. The van der Waals surface area contributed by atoms with Gasteiger partial charge in [-0.05, 0) is 32.9 Å². The van der Waals surface area contributed by atoms with E-state index in [-0.39, 0.29) is 29.9 Å². The predicted molar refractivity (Wildman–Crippen MR) is 124 cm³/mol. The molecule has 9 heteroatoms. The Morgan fingerprint density at radius 3 is 2.38 bits per heavy atom. The first-order chi connectivity index (χ1) is 13.5. The molecule has 0 aliphatic carbocycles. The van der Waals surface area contributed by atoms with Gasteiger partial charge in [-0.3, -0.25) is 9.79 Å². The Morgan fingerprint density at radius 2 is 1.79 bits per heavy atom. The van der Waals surface area contributed by atoms with Gasteiger partial charge < -0.3 is 20.0 Å². The van der Waals surface area contributed by atoms with E-state index >= 15 is 0 Å². The van der Waals surface area contributed by atoms with Crippen LogP contribution in [-0.2, 0) is 4.79 Å². The standard InChI is InChI=1S/C20H31F2N5O.HI/c1-4-23-20(24-10-9-19(28)25(5-2)6-3)27-13-11-26(12-14-27)18-15-16(21)7-8-17(18)22;/h7-8,15H,4-6,9-14H2,1-3H3,(H,23,24);1H. The van der Waals surface area contributed by atoms with Gasteiger partial charge in [-0.25, -0.2) is 8.78 Å². The number of carbonyl (C=O) groups excluding carboxylic acids is 1. The summed E-state index contributed by atoms with van der Waals surface area (Å²) < 4.78 is 27.5. The van der Waals surface area contributed by atoms with Gasteiger partial charge in [0, 0.05) is 58.3 Å². The Balaban J connectivity index is 0.00000420. The van der Waals surface area contributed by atoms with Crippen LogP contribution in [0.3, 0.4) is 0 Å². The number of hydrogen-bond acceptors (Lipinski definition) is 3. The molecule has 0 aromatic heterocycles. The molecular formula is C20H32F2IN5O. The first-order valence-corrected chi connectivity index (χ1v) is 10.0. The molecule has 0 atom stereocenters. The van der Waals surface area contributed by atoms with E-state index in [2.05, 4.69) is 15.2 Å². The topological polar surface area (TPSA) is 51.2 Å². The molecule has 0 bridgehead atoms. The molecule has 1 aromatic rings. The summed E-state index contributed by atoms with van der Waals surface area (Å²) in [6.45, 7) is 10.9. The number of rotatable bonds is 7. The normalized spacial score (nSPS) is 14.4. The van der Waals surface area contributed by atoms with Crippen molar-refractivity contribution in [3.63, 3.8) is 0 Å². The fraction of sp³-hybridized carbons (Fsp3) is 0.600. The number of guanidine groups is 1. The first kappa shape index (κ1) is 25.4. The quantitative estimate of drug-likeness (QED) is 0.340. The van der Waals surface area contributed by atoms with Crippen molar-refractivity contribution in [2.45, 2.75) is 27.2 Å². The van der Waals surface area contributed by atoms with Gasteiger partial charge in [0.15, 0.2) is 5.96 Å². The molecular weight excluding hydrogens is 491 g/mol. The number of anilines is 1. The SMILES string of the molecule is CCNC(=NCCC(=O)N(CC)CC)N1CCN(c2cc(F)ccc2F)CC1.I. The van der Waals surface area contributed by atoms with Crippen molar-refractivity contribution in [2.75, 3.05) is 57.3 Å². The van der Waals surface area contributed by atoms with Crippen LogP contribution in [0.2, 0.25) is 0 Å². The van der Waals surface area contributed by atoms with Gasteiger partial charge >= 0.3 is 0 Å². The molecule has 1 saturated heterocycles. The number of piperazine rings is 1. The highest BCUT2D eigenvalue weighted by Crippen LogP contribution is 2.21. The fourth-order valence-corrected chi connectivity index (χ4v) is 3.31. The smallest absolute Gasteiger partial charge is 0.224 e. The number of nitrogens with one attached hydrogen (secondary N) is 1. The fourth-order valence-electron chi connectivity index (χ4n) is 3.31. The zero-order valence-corrected chi connectivity index (χ0v) is 19.8. The van der Waals surface area contributed by atoms with Crippen molar-refractivity contribution in [1.82, 2.24) is 15.1 Å². The van der Waals surface area contributed by atoms with E-state index < -0.39 is 11.6 Å². The number of carbonyl (C=O) groups is 1. The minimum atomic E-state index is -0.438. The van der Waals surface area contributed by atoms with Gasteiger partial charge in [-0.1, -0.05) is 0 Å². The van der Waals surface area contributed by atoms with Crippen molar-refractivity contribution in [2.24, 2.45) is 4.99 Å². The molecule has 6 nitrogen and oxygen atoms in total. The summed E-state index contributed by atoms with van der Waals surface area (Å²) in [4.78, 5) is 22.5. The van der Waals surface area contributed by atoms with Crippen molar-refractivity contribution >= 4 is 41.5 Å². The van der Waals surface area contributed by atoms with Crippen LogP contribution in [0, 0.1) is 11.6 Å². The third kappa shape index (κ3) is 7.27. The second-order valence-electron chi connectivity index (χ2n) is 6.62. The van der Waals surface area contributed by atoms with Crippen molar-refractivity contribution in [1.29, 1.82) is 0 Å². The van der Waals surface area contributed by atoms with E-state index in [0.717, 1.165) is 24.6 Å². The van der Waals surface area contributed by atoms with Gasteiger partial charge in [-0.2, -0.15) is 0 Å². The molecule has 1 aliphatic heterocycles. The average Bonchev–Trinajstić information content (AvgIpc) is 2.70. The van der Waals surface area contributed by atoms with Gasteiger partial charge in [0.05, 0.1) is 12.2 Å². The van der Waals surface area contributed by atoms with E-state index in [0.29, 0.717) is 57.9 Å². The second-order valence-corrected chi connectivity index (χ2v) is 6.62. The zero-order chi connectivity index (χ0) is 20.5. The summed E-state index contributed by atoms with van der Waals surface area (Å²) in [6.07, 6.45) is 0.380. The second kappa shape index (κ2) is 12.8. The molecule has 1 aromatic carbocycles. The third-order valence-electron chi connectivity index (χ3n) is 4.87. The molecule has 0 unspecified atom stereocenters. The van der Waals surface area contributed by atoms with Crippen LogP contribution in [-0.4, -0.2) is 74.0 Å². The van der Waals surface area contributed by atoms with Crippen LogP contribution in [0.25, 0.3) is 0 Å². The Morgan fingerprint density at radius 1 is 1.14 bits per heavy atom. The number of hydrogen-bond donors (Lipinski definition) is 1. The van der Waals surface area contributed by atoms with Gasteiger partial charge in [0.2, 0.25) is 5.91 Å². The van der Waals surface area contributed by atoms with Crippen LogP contribution >= 0.6 is 24.0 Å². The number of nitrogens with zero attached hydrogens (tertiary/aromatic N) is 4. The summed E-state index contributed by atoms with van der Waals surface area (Å²) in [5.74, 6) is 0.0159. The number of amides is 1. The van der Waals surface area contributed by atoms with Gasteiger partial charge in [-0.15, -0.1) is 24.0 Å². The van der Waals surface area contributed by atoms with Crippen molar-refractivity contribution < 1.29 is 13.6 Å². The van der Waals surface area contributed by atoms with Crippen molar-refractivity contribution in [3.8, 4) is 0 Å². The zero-order valence-electron chi connectivity index (χ0n) is 17.5. The van der Waals surface area contributed by atoms with Crippen LogP contribution in [0.4, 0.5) is 14.5 Å². The highest BCUT2D eigenvalue weighted by atomic mass is 127. The number of halogens is 3. The van der Waals surface area contributed by atoms with Gasteiger partial charge in [0.1, 0.15) is 11.6 Å². The molecule has 0 spiro atoms. The lowest BCUT2D eigenvalue weighted by Crippen LogP contribution is -2.52. The molecule has 1 amide bonds. The predicted octanol–water partition coefficient (Wildman–Crippen LogP) is 2.93. The molecule has 0 radical (unpaired) electrons. The Kier molecular flexibility index (Phi) is 11.2. The van der Waals surface area contributed by atoms with E-state index in [4.69, 9.17) is 0 Å². The average molecular weight is 523 g/mol. The van der Waals surface area contributed by atoms with E-state index in [1.807, 2.05) is 25.7 Å². The molecule has 164 valence electrons. The molecule has 29 heavy (non-hydrogen) atoms. The highest BCUT2D eigenvalue weighted by molar-refractivity contribution is 14.0. The molecule has 1 heterocycles. The largest absolute Gasteiger partial charge is 0.366 e. The van der Waals surface area contributed by atoms with Crippen molar-refractivity contribution in [3.05, 3.63) is 29.8 Å². The van der Waals surface area contributed by atoms with E-state index in [9.17, 15) is 13.6 Å². The Bertz CT molecular complexity index is 677. The van der Waals surface area contributed by atoms with E-state index in [1.54, 1.807) is 4.90 Å². The van der Waals surface area contributed by atoms with Gasteiger partial charge in [0.25, 0.3) is 0 Å². The lowest BCUT2D eigenvalue weighted by atomic mass is 10.2. The Hall–Kier alpha value is -1.65.